The fourth-order valence-electron chi connectivity index (χ4n) is 3.28. The summed E-state index contributed by atoms with van der Waals surface area (Å²) in [6, 6.07) is 10.3. The molecule has 0 aliphatic carbocycles. The zero-order valence-corrected chi connectivity index (χ0v) is 15.0. The van der Waals surface area contributed by atoms with Crippen molar-refractivity contribution in [2.24, 2.45) is 7.05 Å². The molecule has 0 unspecified atom stereocenters. The van der Waals surface area contributed by atoms with Crippen LogP contribution in [0.5, 0.6) is 0 Å². The number of hydrogen-bond donors (Lipinski definition) is 1. The molecule has 1 aromatic carbocycles. The predicted octanol–water partition coefficient (Wildman–Crippen LogP) is 1.46. The van der Waals surface area contributed by atoms with E-state index in [0.29, 0.717) is 11.9 Å². The Morgan fingerprint density at radius 3 is 2.56 bits per heavy atom. The fourth-order valence-corrected chi connectivity index (χ4v) is 3.28. The van der Waals surface area contributed by atoms with Crippen LogP contribution in [0.1, 0.15) is 11.1 Å². The summed E-state index contributed by atoms with van der Waals surface area (Å²) in [7, 11) is 1.78. The summed E-state index contributed by atoms with van der Waals surface area (Å²) in [5, 5.41) is 8.10. The second-order valence-corrected chi connectivity index (χ2v) is 6.21. The molecule has 0 spiro atoms. The van der Waals surface area contributed by atoms with Crippen molar-refractivity contribution < 1.29 is 0 Å². The first-order valence-electron chi connectivity index (χ1n) is 8.30. The molecule has 2 aromatic heterocycles. The van der Waals surface area contributed by atoms with Gasteiger partial charge in [0.15, 0.2) is 5.82 Å². The molecule has 1 aliphatic heterocycles. The zero-order chi connectivity index (χ0) is 16.5. The van der Waals surface area contributed by atoms with Crippen molar-refractivity contribution in [1.82, 2.24) is 19.5 Å². The molecule has 0 radical (unpaired) electrons. The van der Waals surface area contributed by atoms with Crippen molar-refractivity contribution in [3.05, 3.63) is 64.2 Å². The van der Waals surface area contributed by atoms with Crippen LogP contribution in [-0.4, -0.2) is 40.4 Å². The lowest BCUT2D eigenvalue weighted by Gasteiger charge is -2.28. The van der Waals surface area contributed by atoms with Crippen molar-refractivity contribution >= 4 is 23.7 Å². The Morgan fingerprint density at radius 2 is 1.84 bits per heavy atom. The molecule has 6 nitrogen and oxygen atoms in total. The van der Waals surface area contributed by atoms with Crippen molar-refractivity contribution in [3.8, 4) is 0 Å². The largest absolute Gasteiger partial charge is 0.352 e. The molecule has 0 bridgehead atoms. The van der Waals surface area contributed by atoms with E-state index in [4.69, 9.17) is 5.10 Å². The molecule has 1 aliphatic rings. The van der Waals surface area contributed by atoms with Gasteiger partial charge in [0.25, 0.3) is 5.56 Å². The maximum absolute atomic E-state index is 12.7. The summed E-state index contributed by atoms with van der Waals surface area (Å²) >= 11 is 0. The minimum Gasteiger partial charge on any atom is -0.352 e. The quantitative estimate of drug-likeness (QED) is 0.769. The average Bonchev–Trinajstić information content (AvgIpc) is 2.99. The fraction of sp³-hybridized carbons (Fsp3) is 0.333. The summed E-state index contributed by atoms with van der Waals surface area (Å²) in [6.45, 7) is 3.70. The van der Waals surface area contributed by atoms with Crippen LogP contribution in [-0.2, 0) is 13.5 Å². The highest BCUT2D eigenvalue weighted by Crippen LogP contribution is 2.25. The Labute approximate surface area is 152 Å². The summed E-state index contributed by atoms with van der Waals surface area (Å²) < 4.78 is 3.35. The molecule has 7 heteroatoms. The second kappa shape index (κ2) is 7.29. The molecule has 0 saturated carbocycles. The number of aryl methyl sites for hydroxylation is 1. The normalized spacial score (nSPS) is 14.5. The lowest BCUT2D eigenvalue weighted by atomic mass is 10.1. The topological polar surface area (TPSA) is 54.6 Å². The summed E-state index contributed by atoms with van der Waals surface area (Å²) in [6.07, 6.45) is 4.33. The third-order valence-electron chi connectivity index (χ3n) is 4.58. The third-order valence-corrected chi connectivity index (χ3v) is 4.58. The van der Waals surface area contributed by atoms with Crippen LogP contribution in [0.15, 0.2) is 47.5 Å². The van der Waals surface area contributed by atoms with Gasteiger partial charge in [0.2, 0.25) is 0 Å². The number of halogens is 1. The van der Waals surface area contributed by atoms with Crippen molar-refractivity contribution in [2.75, 3.05) is 31.1 Å². The van der Waals surface area contributed by atoms with E-state index in [1.54, 1.807) is 22.3 Å². The minimum atomic E-state index is -0.00249. The van der Waals surface area contributed by atoms with E-state index in [9.17, 15) is 4.79 Å². The number of benzene rings is 1. The van der Waals surface area contributed by atoms with Gasteiger partial charge in [0.1, 0.15) is 5.52 Å². The molecule has 4 rings (SSSR count). The molecular weight excluding hydrogens is 338 g/mol. The number of fused-ring (bicyclic) bond motifs is 1. The van der Waals surface area contributed by atoms with E-state index in [1.165, 1.54) is 5.56 Å². The highest BCUT2D eigenvalue weighted by atomic mass is 35.5. The van der Waals surface area contributed by atoms with Crippen LogP contribution in [0.2, 0.25) is 0 Å². The molecule has 132 valence electrons. The van der Waals surface area contributed by atoms with E-state index >= 15 is 0 Å². The van der Waals surface area contributed by atoms with Gasteiger partial charge < -0.3 is 14.8 Å². The lowest BCUT2D eigenvalue weighted by Crippen LogP contribution is -2.44. The molecule has 1 fully saturated rings. The monoisotopic (exact) mass is 359 g/mol. The Balaban J connectivity index is 0.00000182. The first kappa shape index (κ1) is 17.5. The maximum Gasteiger partial charge on any atom is 0.276 e. The molecule has 0 amide bonds. The van der Waals surface area contributed by atoms with Gasteiger partial charge >= 0.3 is 0 Å². The molecular formula is C18H22ClN5O. The third kappa shape index (κ3) is 3.27. The van der Waals surface area contributed by atoms with Crippen LogP contribution < -0.4 is 15.8 Å². The predicted molar refractivity (Wildman–Crippen MR) is 102 cm³/mol. The van der Waals surface area contributed by atoms with Crippen molar-refractivity contribution in [2.45, 2.75) is 6.42 Å². The van der Waals surface area contributed by atoms with Gasteiger partial charge in [-0.05, 0) is 5.56 Å². The molecule has 0 atom stereocenters. The van der Waals surface area contributed by atoms with Crippen LogP contribution in [0.3, 0.4) is 0 Å². The summed E-state index contributed by atoms with van der Waals surface area (Å²) in [4.78, 5) is 15.0. The van der Waals surface area contributed by atoms with Crippen LogP contribution in [0, 0.1) is 0 Å². The number of aromatic nitrogens is 3. The van der Waals surface area contributed by atoms with E-state index in [0.717, 1.165) is 37.6 Å². The van der Waals surface area contributed by atoms with E-state index in [2.05, 4.69) is 22.3 Å². The SMILES string of the molecule is Cl.Cn1ccn2nc(N3CCNCC3)c(Cc3ccccc3)c2c1=O. The molecule has 3 aromatic rings. The minimum absolute atomic E-state index is 0. The van der Waals surface area contributed by atoms with Gasteiger partial charge in [-0.2, -0.15) is 0 Å². The van der Waals surface area contributed by atoms with Gasteiger partial charge in [0, 0.05) is 57.6 Å². The summed E-state index contributed by atoms with van der Waals surface area (Å²) in [5.41, 5.74) is 2.88. The van der Waals surface area contributed by atoms with Crippen LogP contribution >= 0.6 is 12.4 Å². The van der Waals surface area contributed by atoms with Gasteiger partial charge in [-0.25, -0.2) is 4.52 Å². The van der Waals surface area contributed by atoms with Gasteiger partial charge in [-0.3, -0.25) is 4.79 Å². The second-order valence-electron chi connectivity index (χ2n) is 6.21. The number of piperazine rings is 1. The highest BCUT2D eigenvalue weighted by Gasteiger charge is 2.22. The molecule has 1 saturated heterocycles. The maximum atomic E-state index is 12.7. The van der Waals surface area contributed by atoms with E-state index in [-0.39, 0.29) is 18.0 Å². The molecule has 25 heavy (non-hydrogen) atoms. The van der Waals surface area contributed by atoms with Gasteiger partial charge in [-0.1, -0.05) is 30.3 Å². The van der Waals surface area contributed by atoms with Crippen molar-refractivity contribution in [1.29, 1.82) is 0 Å². The van der Waals surface area contributed by atoms with Crippen molar-refractivity contribution in [3.63, 3.8) is 0 Å². The Hall–Kier alpha value is -2.31. The zero-order valence-electron chi connectivity index (χ0n) is 14.2. The number of anilines is 1. The standard InChI is InChI=1S/C18H21N5O.ClH/c1-21-11-12-23-16(18(21)24)15(13-14-5-3-2-4-6-14)17(20-23)22-9-7-19-8-10-22;/h2-6,11-12,19H,7-10,13H2,1H3;1H. The smallest absolute Gasteiger partial charge is 0.276 e. The van der Waals surface area contributed by atoms with E-state index in [1.807, 2.05) is 24.4 Å². The first-order valence-corrected chi connectivity index (χ1v) is 8.30. The number of rotatable bonds is 3. The van der Waals surface area contributed by atoms with E-state index < -0.39 is 0 Å². The average molecular weight is 360 g/mol. The van der Waals surface area contributed by atoms with Gasteiger partial charge in [-0.15, -0.1) is 17.5 Å². The van der Waals surface area contributed by atoms with Crippen LogP contribution in [0.25, 0.3) is 5.52 Å². The number of hydrogen-bond acceptors (Lipinski definition) is 4. The summed E-state index contributed by atoms with van der Waals surface area (Å²) in [5.74, 6) is 0.934. The van der Waals surface area contributed by atoms with Gasteiger partial charge in [0.05, 0.1) is 0 Å². The first-order chi connectivity index (χ1) is 11.7. The Kier molecular flexibility index (Phi) is 5.11. The highest BCUT2D eigenvalue weighted by molar-refractivity contribution is 5.85. The number of nitrogens with one attached hydrogen (secondary N) is 1. The lowest BCUT2D eigenvalue weighted by molar-refractivity contribution is 0.582. The molecule has 3 heterocycles. The molecule has 1 N–H and O–H groups in total. The Morgan fingerprint density at radius 1 is 1.12 bits per heavy atom. The van der Waals surface area contributed by atoms with Crippen LogP contribution in [0.4, 0.5) is 5.82 Å². The Bertz CT molecular complexity index is 912. The number of nitrogens with zero attached hydrogens (tertiary/aromatic N) is 4.